The molecule has 0 amide bonds. The highest BCUT2D eigenvalue weighted by Gasteiger charge is 2.06. The van der Waals surface area contributed by atoms with Gasteiger partial charge in [-0.3, -0.25) is 0 Å². The molecular formula is C11H21NO3. The highest BCUT2D eigenvalue weighted by Crippen LogP contribution is 2.01. The van der Waals surface area contributed by atoms with E-state index >= 15 is 0 Å². The average molecular weight is 215 g/mol. The minimum atomic E-state index is -0.00245. The van der Waals surface area contributed by atoms with Gasteiger partial charge >= 0.3 is 0 Å². The molecule has 1 atom stereocenters. The third-order valence-electron chi connectivity index (χ3n) is 1.86. The normalized spacial score (nSPS) is 13.1. The SMILES string of the molecule is C=CC[C@H](COCCCC)OC/C=N/O. The zero-order valence-electron chi connectivity index (χ0n) is 9.39. The van der Waals surface area contributed by atoms with Crippen LogP contribution in [0.15, 0.2) is 17.8 Å². The van der Waals surface area contributed by atoms with Gasteiger partial charge in [-0.1, -0.05) is 24.6 Å². The Morgan fingerprint density at radius 1 is 1.53 bits per heavy atom. The number of nitrogens with zero attached hydrogens (tertiary/aromatic N) is 1. The topological polar surface area (TPSA) is 51.0 Å². The van der Waals surface area contributed by atoms with Crippen LogP contribution in [0.3, 0.4) is 0 Å². The summed E-state index contributed by atoms with van der Waals surface area (Å²) in [6.45, 7) is 7.40. The van der Waals surface area contributed by atoms with Crippen LogP contribution in [0.1, 0.15) is 26.2 Å². The Morgan fingerprint density at radius 2 is 2.33 bits per heavy atom. The first kappa shape index (κ1) is 14.1. The Bertz CT molecular complexity index is 171. The van der Waals surface area contributed by atoms with Crippen LogP contribution in [0.2, 0.25) is 0 Å². The maximum absolute atomic E-state index is 8.19. The maximum atomic E-state index is 8.19. The van der Waals surface area contributed by atoms with Crippen LogP contribution in [0.4, 0.5) is 0 Å². The number of ether oxygens (including phenoxy) is 2. The summed E-state index contributed by atoms with van der Waals surface area (Å²) < 4.78 is 10.8. The minimum Gasteiger partial charge on any atom is -0.411 e. The van der Waals surface area contributed by atoms with Crippen molar-refractivity contribution in [1.29, 1.82) is 0 Å². The van der Waals surface area contributed by atoms with Gasteiger partial charge in [-0.15, -0.1) is 6.58 Å². The first-order valence-corrected chi connectivity index (χ1v) is 5.31. The van der Waals surface area contributed by atoms with E-state index in [0.717, 1.165) is 25.9 Å². The Balaban J connectivity index is 3.57. The third-order valence-corrected chi connectivity index (χ3v) is 1.86. The number of oxime groups is 1. The zero-order chi connectivity index (χ0) is 11.4. The van der Waals surface area contributed by atoms with E-state index in [4.69, 9.17) is 14.7 Å². The summed E-state index contributed by atoms with van der Waals surface area (Å²) >= 11 is 0. The fraction of sp³-hybridized carbons (Fsp3) is 0.727. The molecule has 0 rings (SSSR count). The fourth-order valence-corrected chi connectivity index (χ4v) is 1.04. The van der Waals surface area contributed by atoms with Crippen LogP contribution in [0.25, 0.3) is 0 Å². The second-order valence-electron chi connectivity index (χ2n) is 3.21. The van der Waals surface area contributed by atoms with Crippen molar-refractivity contribution in [3.63, 3.8) is 0 Å². The second kappa shape index (κ2) is 11.2. The molecule has 0 aliphatic rings. The summed E-state index contributed by atoms with van der Waals surface area (Å²) in [6, 6.07) is 0. The molecule has 4 heteroatoms. The molecule has 0 aromatic heterocycles. The molecule has 4 nitrogen and oxygen atoms in total. The zero-order valence-corrected chi connectivity index (χ0v) is 9.39. The number of hydrogen-bond acceptors (Lipinski definition) is 4. The smallest absolute Gasteiger partial charge is 0.0857 e. The molecule has 0 radical (unpaired) electrons. The largest absolute Gasteiger partial charge is 0.411 e. The van der Waals surface area contributed by atoms with Gasteiger partial charge in [0.1, 0.15) is 0 Å². The Hall–Kier alpha value is -0.870. The molecule has 0 unspecified atom stereocenters. The van der Waals surface area contributed by atoms with E-state index in [2.05, 4.69) is 18.7 Å². The van der Waals surface area contributed by atoms with Crippen molar-refractivity contribution < 1.29 is 14.7 Å². The van der Waals surface area contributed by atoms with Gasteiger partial charge in [-0.25, -0.2) is 0 Å². The summed E-state index contributed by atoms with van der Waals surface area (Å²) in [5, 5.41) is 11.1. The molecule has 1 N–H and O–H groups in total. The first-order valence-electron chi connectivity index (χ1n) is 5.31. The van der Waals surface area contributed by atoms with E-state index in [0.29, 0.717) is 13.2 Å². The van der Waals surface area contributed by atoms with Crippen molar-refractivity contribution in [2.75, 3.05) is 19.8 Å². The van der Waals surface area contributed by atoms with Gasteiger partial charge in [-0.2, -0.15) is 0 Å². The maximum Gasteiger partial charge on any atom is 0.0857 e. The van der Waals surface area contributed by atoms with Gasteiger partial charge in [0.25, 0.3) is 0 Å². The van der Waals surface area contributed by atoms with E-state index in [1.807, 2.05) is 0 Å². The lowest BCUT2D eigenvalue weighted by molar-refractivity contribution is -0.000147. The lowest BCUT2D eigenvalue weighted by Crippen LogP contribution is -2.20. The van der Waals surface area contributed by atoms with E-state index < -0.39 is 0 Å². The fourth-order valence-electron chi connectivity index (χ4n) is 1.04. The molecule has 0 aromatic carbocycles. The predicted octanol–water partition coefficient (Wildman–Crippen LogP) is 2.22. The monoisotopic (exact) mass is 215 g/mol. The molecular weight excluding hydrogens is 194 g/mol. The molecule has 0 aliphatic heterocycles. The Labute approximate surface area is 91.6 Å². The van der Waals surface area contributed by atoms with Gasteiger partial charge in [0.05, 0.1) is 25.5 Å². The molecule has 0 saturated carbocycles. The van der Waals surface area contributed by atoms with Crippen molar-refractivity contribution in [1.82, 2.24) is 0 Å². The molecule has 0 spiro atoms. The van der Waals surface area contributed by atoms with Crippen molar-refractivity contribution in [2.24, 2.45) is 5.16 Å². The summed E-state index contributed by atoms with van der Waals surface area (Å²) in [6.07, 6.45) is 6.04. The Kier molecular flexibility index (Phi) is 10.6. The molecule has 0 aromatic rings. The summed E-state index contributed by atoms with van der Waals surface area (Å²) in [5.41, 5.74) is 0. The highest BCUT2D eigenvalue weighted by atomic mass is 16.5. The van der Waals surface area contributed by atoms with Crippen LogP contribution >= 0.6 is 0 Å². The summed E-state index contributed by atoms with van der Waals surface area (Å²) in [7, 11) is 0. The van der Waals surface area contributed by atoms with Gasteiger partial charge in [0.2, 0.25) is 0 Å². The molecule has 0 saturated heterocycles. The van der Waals surface area contributed by atoms with Gasteiger partial charge < -0.3 is 14.7 Å². The number of hydrogen-bond donors (Lipinski definition) is 1. The van der Waals surface area contributed by atoms with Crippen molar-refractivity contribution in [3.05, 3.63) is 12.7 Å². The molecule has 15 heavy (non-hydrogen) atoms. The van der Waals surface area contributed by atoms with E-state index in [1.54, 1.807) is 6.08 Å². The second-order valence-corrected chi connectivity index (χ2v) is 3.21. The van der Waals surface area contributed by atoms with Crippen LogP contribution in [-0.2, 0) is 9.47 Å². The lowest BCUT2D eigenvalue weighted by Gasteiger charge is -2.14. The summed E-state index contributed by atoms with van der Waals surface area (Å²) in [5.74, 6) is 0. The average Bonchev–Trinajstić information content (AvgIpc) is 2.24. The standard InChI is InChI=1S/C11H21NO3/c1-3-5-8-14-10-11(6-4-2)15-9-7-12-13/h4,7,11,13H,2-3,5-6,8-10H2,1H3/b12-7+/t11-/m1/s1. The van der Waals surface area contributed by atoms with Crippen molar-refractivity contribution >= 4 is 6.21 Å². The van der Waals surface area contributed by atoms with Crippen LogP contribution in [0.5, 0.6) is 0 Å². The minimum absolute atomic E-state index is 0.00245. The van der Waals surface area contributed by atoms with E-state index in [1.165, 1.54) is 6.21 Å². The van der Waals surface area contributed by atoms with E-state index in [9.17, 15) is 0 Å². The van der Waals surface area contributed by atoms with Crippen LogP contribution in [-0.4, -0.2) is 37.3 Å². The van der Waals surface area contributed by atoms with Crippen molar-refractivity contribution in [2.45, 2.75) is 32.3 Å². The van der Waals surface area contributed by atoms with Gasteiger partial charge in [0, 0.05) is 6.61 Å². The number of rotatable bonds is 10. The van der Waals surface area contributed by atoms with Crippen LogP contribution < -0.4 is 0 Å². The first-order chi connectivity index (χ1) is 7.35. The van der Waals surface area contributed by atoms with Gasteiger partial charge in [-0.05, 0) is 12.8 Å². The van der Waals surface area contributed by atoms with Crippen molar-refractivity contribution in [3.8, 4) is 0 Å². The molecule has 0 heterocycles. The lowest BCUT2D eigenvalue weighted by atomic mass is 10.2. The van der Waals surface area contributed by atoms with Crippen LogP contribution in [0, 0.1) is 0 Å². The molecule has 0 bridgehead atoms. The highest BCUT2D eigenvalue weighted by molar-refractivity contribution is 5.57. The van der Waals surface area contributed by atoms with E-state index in [-0.39, 0.29) is 6.10 Å². The predicted molar refractivity (Wildman–Crippen MR) is 60.6 cm³/mol. The summed E-state index contributed by atoms with van der Waals surface area (Å²) in [4.78, 5) is 0. The Morgan fingerprint density at radius 3 is 2.93 bits per heavy atom. The number of unbranched alkanes of at least 4 members (excludes halogenated alkanes) is 1. The quantitative estimate of drug-likeness (QED) is 0.200. The molecule has 0 fully saturated rings. The molecule has 88 valence electrons. The third kappa shape index (κ3) is 9.43. The molecule has 0 aliphatic carbocycles. The van der Waals surface area contributed by atoms with Gasteiger partial charge in [0.15, 0.2) is 0 Å².